The van der Waals surface area contributed by atoms with E-state index in [4.69, 9.17) is 4.74 Å². The molecule has 0 saturated heterocycles. The number of aromatic nitrogens is 3. The highest BCUT2D eigenvalue weighted by Crippen LogP contribution is 2.32. The summed E-state index contributed by atoms with van der Waals surface area (Å²) in [5.74, 6) is 0.717. The van der Waals surface area contributed by atoms with Gasteiger partial charge in [0.15, 0.2) is 0 Å². The number of H-pyrrole nitrogens is 1. The Morgan fingerprint density at radius 1 is 1.25 bits per heavy atom. The van der Waals surface area contributed by atoms with Gasteiger partial charge < -0.3 is 4.74 Å². The van der Waals surface area contributed by atoms with Crippen molar-refractivity contribution < 1.29 is 4.74 Å². The quantitative estimate of drug-likeness (QED) is 0.773. The highest BCUT2D eigenvalue weighted by Gasteiger charge is 2.13. The molecule has 0 saturated carbocycles. The Bertz CT molecular complexity index is 840. The maximum Gasteiger partial charge on any atom is 0.290 e. The first-order valence-electron chi connectivity index (χ1n) is 6.19. The average Bonchev–Trinajstić information content (AvgIpc) is 2.48. The number of fused-ring (bicyclic) bond motifs is 1. The minimum Gasteiger partial charge on any atom is -0.496 e. The molecule has 20 heavy (non-hydrogen) atoms. The van der Waals surface area contributed by atoms with Crippen LogP contribution in [0.25, 0.3) is 22.2 Å². The normalized spacial score (nSPS) is 10.7. The average molecular weight is 267 g/mol. The molecule has 1 N–H and O–H groups in total. The van der Waals surface area contributed by atoms with Crippen molar-refractivity contribution in [2.24, 2.45) is 0 Å². The van der Waals surface area contributed by atoms with Gasteiger partial charge in [0.25, 0.3) is 5.56 Å². The zero-order chi connectivity index (χ0) is 14.1. The number of aryl methyl sites for hydroxylation is 1. The predicted molar refractivity (Wildman–Crippen MR) is 76.9 cm³/mol. The van der Waals surface area contributed by atoms with Crippen LogP contribution in [0.5, 0.6) is 5.75 Å². The molecule has 0 aliphatic carbocycles. The number of hydrogen-bond donors (Lipinski definition) is 1. The minimum atomic E-state index is -0.296. The highest BCUT2D eigenvalue weighted by molar-refractivity contribution is 5.92. The number of nitrogens with zero attached hydrogens (tertiary/aromatic N) is 2. The topological polar surface area (TPSA) is 67.9 Å². The van der Waals surface area contributed by atoms with E-state index in [2.05, 4.69) is 15.2 Å². The van der Waals surface area contributed by atoms with Crippen molar-refractivity contribution in [2.75, 3.05) is 7.11 Å². The van der Waals surface area contributed by atoms with E-state index in [-0.39, 0.29) is 5.56 Å². The SMILES string of the molecule is COc1cc(C)ccc1-c1n[nH]c(=O)c2ncccc12. The van der Waals surface area contributed by atoms with Crippen molar-refractivity contribution in [1.82, 2.24) is 15.2 Å². The van der Waals surface area contributed by atoms with E-state index in [1.807, 2.05) is 31.2 Å². The Balaban J connectivity index is 2.36. The summed E-state index contributed by atoms with van der Waals surface area (Å²) in [5, 5.41) is 7.35. The van der Waals surface area contributed by atoms with E-state index >= 15 is 0 Å². The van der Waals surface area contributed by atoms with Crippen LogP contribution in [0, 0.1) is 6.92 Å². The van der Waals surface area contributed by atoms with Gasteiger partial charge in [0, 0.05) is 17.1 Å². The maximum absolute atomic E-state index is 11.8. The third-order valence-corrected chi connectivity index (χ3v) is 3.16. The van der Waals surface area contributed by atoms with Crippen molar-refractivity contribution in [3.05, 3.63) is 52.4 Å². The minimum absolute atomic E-state index is 0.296. The van der Waals surface area contributed by atoms with Crippen LogP contribution < -0.4 is 10.3 Å². The van der Waals surface area contributed by atoms with Gasteiger partial charge in [-0.05, 0) is 36.8 Å². The van der Waals surface area contributed by atoms with Crippen molar-refractivity contribution in [1.29, 1.82) is 0 Å². The molecule has 100 valence electrons. The Kier molecular flexibility index (Phi) is 2.95. The van der Waals surface area contributed by atoms with E-state index in [0.29, 0.717) is 16.6 Å². The number of benzene rings is 1. The van der Waals surface area contributed by atoms with Gasteiger partial charge in [-0.15, -0.1) is 0 Å². The van der Waals surface area contributed by atoms with Gasteiger partial charge in [0.2, 0.25) is 0 Å². The number of methoxy groups -OCH3 is 1. The van der Waals surface area contributed by atoms with E-state index < -0.39 is 0 Å². The standard InChI is InChI=1S/C15H13N3O2/c1-9-5-6-10(12(8-9)20-2)13-11-4-3-7-16-14(11)15(19)18-17-13/h3-8H,1-2H3,(H,18,19). The van der Waals surface area contributed by atoms with Crippen LogP contribution >= 0.6 is 0 Å². The number of pyridine rings is 1. The lowest BCUT2D eigenvalue weighted by Gasteiger charge is -2.10. The van der Waals surface area contributed by atoms with Crippen LogP contribution in [0.2, 0.25) is 0 Å². The zero-order valence-corrected chi connectivity index (χ0v) is 11.2. The Morgan fingerprint density at radius 2 is 2.10 bits per heavy atom. The summed E-state index contributed by atoms with van der Waals surface area (Å²) in [4.78, 5) is 15.9. The zero-order valence-electron chi connectivity index (χ0n) is 11.2. The lowest BCUT2D eigenvalue weighted by atomic mass is 10.0. The maximum atomic E-state index is 11.8. The van der Waals surface area contributed by atoms with Crippen LogP contribution in [0.1, 0.15) is 5.56 Å². The molecular formula is C15H13N3O2. The Labute approximate surface area is 115 Å². The Hall–Kier alpha value is -2.69. The molecule has 0 atom stereocenters. The number of rotatable bonds is 2. The molecule has 3 rings (SSSR count). The van der Waals surface area contributed by atoms with Crippen LogP contribution in [-0.4, -0.2) is 22.3 Å². The molecule has 0 unspecified atom stereocenters. The summed E-state index contributed by atoms with van der Waals surface area (Å²) in [7, 11) is 1.62. The number of nitrogens with one attached hydrogen (secondary N) is 1. The molecule has 0 aliphatic heterocycles. The van der Waals surface area contributed by atoms with E-state index in [1.165, 1.54) is 0 Å². The summed E-state index contributed by atoms with van der Waals surface area (Å²) < 4.78 is 5.41. The van der Waals surface area contributed by atoms with Gasteiger partial charge in [-0.25, -0.2) is 5.10 Å². The van der Waals surface area contributed by atoms with E-state index in [1.54, 1.807) is 19.4 Å². The lowest BCUT2D eigenvalue weighted by molar-refractivity contribution is 0.416. The summed E-state index contributed by atoms with van der Waals surface area (Å²) >= 11 is 0. The summed E-state index contributed by atoms with van der Waals surface area (Å²) in [6.45, 7) is 1.99. The number of ether oxygens (including phenoxy) is 1. The fourth-order valence-electron chi connectivity index (χ4n) is 2.20. The molecule has 5 heteroatoms. The fraction of sp³-hybridized carbons (Fsp3) is 0.133. The fourth-order valence-corrected chi connectivity index (χ4v) is 2.20. The number of hydrogen-bond acceptors (Lipinski definition) is 4. The predicted octanol–water partition coefficient (Wildman–Crippen LogP) is 2.30. The second-order valence-electron chi connectivity index (χ2n) is 4.50. The first-order chi connectivity index (χ1) is 9.70. The molecule has 0 bridgehead atoms. The molecule has 1 aromatic carbocycles. The van der Waals surface area contributed by atoms with E-state index in [0.717, 1.165) is 16.9 Å². The van der Waals surface area contributed by atoms with Gasteiger partial charge in [-0.3, -0.25) is 9.78 Å². The molecule has 0 fully saturated rings. The van der Waals surface area contributed by atoms with Crippen LogP contribution in [0.3, 0.4) is 0 Å². The molecule has 0 aliphatic rings. The second kappa shape index (κ2) is 4.77. The molecule has 2 aromatic heterocycles. The summed E-state index contributed by atoms with van der Waals surface area (Å²) in [6, 6.07) is 9.46. The molecule has 0 spiro atoms. The number of aromatic amines is 1. The molecule has 0 radical (unpaired) electrons. The Morgan fingerprint density at radius 3 is 2.90 bits per heavy atom. The van der Waals surface area contributed by atoms with Gasteiger partial charge in [-0.2, -0.15) is 5.10 Å². The van der Waals surface area contributed by atoms with Crippen molar-refractivity contribution in [2.45, 2.75) is 6.92 Å². The third-order valence-electron chi connectivity index (χ3n) is 3.16. The first kappa shape index (κ1) is 12.3. The summed E-state index contributed by atoms with van der Waals surface area (Å²) in [6.07, 6.45) is 1.59. The first-order valence-corrected chi connectivity index (χ1v) is 6.19. The summed E-state index contributed by atoms with van der Waals surface area (Å²) in [5.41, 5.74) is 2.66. The molecule has 0 amide bonds. The molecular weight excluding hydrogens is 254 g/mol. The van der Waals surface area contributed by atoms with Crippen molar-refractivity contribution in [3.63, 3.8) is 0 Å². The lowest BCUT2D eigenvalue weighted by Crippen LogP contribution is -2.11. The molecule has 5 nitrogen and oxygen atoms in total. The largest absolute Gasteiger partial charge is 0.496 e. The van der Waals surface area contributed by atoms with Gasteiger partial charge in [0.1, 0.15) is 17.0 Å². The highest BCUT2D eigenvalue weighted by atomic mass is 16.5. The van der Waals surface area contributed by atoms with Gasteiger partial charge >= 0.3 is 0 Å². The monoisotopic (exact) mass is 267 g/mol. The smallest absolute Gasteiger partial charge is 0.290 e. The van der Waals surface area contributed by atoms with Crippen LogP contribution in [-0.2, 0) is 0 Å². The third kappa shape index (κ3) is 1.93. The van der Waals surface area contributed by atoms with Crippen molar-refractivity contribution >= 4 is 10.9 Å². The molecule has 2 heterocycles. The second-order valence-corrected chi connectivity index (χ2v) is 4.50. The van der Waals surface area contributed by atoms with Crippen LogP contribution in [0.4, 0.5) is 0 Å². The van der Waals surface area contributed by atoms with Gasteiger partial charge in [0.05, 0.1) is 7.11 Å². The van der Waals surface area contributed by atoms with Crippen LogP contribution in [0.15, 0.2) is 41.3 Å². The van der Waals surface area contributed by atoms with Crippen molar-refractivity contribution in [3.8, 4) is 17.0 Å². The van der Waals surface area contributed by atoms with E-state index in [9.17, 15) is 4.79 Å². The van der Waals surface area contributed by atoms with Gasteiger partial charge in [-0.1, -0.05) is 6.07 Å². The molecule has 3 aromatic rings.